The minimum absolute atomic E-state index is 0.0943. The van der Waals surface area contributed by atoms with E-state index in [1.807, 2.05) is 12.1 Å². The normalized spacial score (nSPS) is 12.0. The van der Waals surface area contributed by atoms with Crippen LogP contribution in [0, 0.1) is 5.82 Å². The highest BCUT2D eigenvalue weighted by Crippen LogP contribution is 2.43. The number of para-hydroxylation sites is 1. The maximum atomic E-state index is 13.4. The monoisotopic (exact) mass is 327 g/mol. The Labute approximate surface area is 141 Å². The van der Waals surface area contributed by atoms with Crippen LogP contribution in [0.15, 0.2) is 53.6 Å². The number of hydrogen-bond acceptors (Lipinski definition) is 1. The molecule has 0 aliphatic carbocycles. The van der Waals surface area contributed by atoms with Gasteiger partial charge < -0.3 is 4.98 Å². The van der Waals surface area contributed by atoms with E-state index in [9.17, 15) is 4.39 Å². The number of benzene rings is 2. The molecule has 1 aromatic heterocycles. The van der Waals surface area contributed by atoms with Gasteiger partial charge in [-0.25, -0.2) is 4.39 Å². The molecule has 3 rings (SSSR count). The average molecular weight is 327 g/mol. The molecule has 0 unspecified atom stereocenters. The fourth-order valence-corrected chi connectivity index (χ4v) is 4.24. The molecular formula is C20H22FNS. The van der Waals surface area contributed by atoms with Gasteiger partial charge in [0.1, 0.15) is 5.82 Å². The second-order valence-corrected chi connectivity index (χ2v) is 6.73. The highest BCUT2D eigenvalue weighted by molar-refractivity contribution is 7.98. The topological polar surface area (TPSA) is 15.8 Å². The largest absolute Gasteiger partial charge is 0.360 e. The summed E-state index contributed by atoms with van der Waals surface area (Å²) in [6.07, 6.45) is 6.19. The number of thioether (sulfide) groups is 1. The summed E-state index contributed by atoms with van der Waals surface area (Å²) in [6, 6.07) is 13.4. The first kappa shape index (κ1) is 16.1. The Morgan fingerprint density at radius 1 is 1.04 bits per heavy atom. The molecule has 3 heteroatoms. The van der Waals surface area contributed by atoms with E-state index in [1.54, 1.807) is 23.9 Å². The zero-order valence-electron chi connectivity index (χ0n) is 13.8. The fraction of sp³-hybridized carbons (Fsp3) is 0.300. The van der Waals surface area contributed by atoms with Crippen molar-refractivity contribution in [3.63, 3.8) is 0 Å². The molecule has 0 saturated carbocycles. The fourth-order valence-electron chi connectivity index (χ4n) is 3.66. The van der Waals surface area contributed by atoms with Gasteiger partial charge in [-0.3, -0.25) is 0 Å². The van der Waals surface area contributed by atoms with Gasteiger partial charge in [-0.15, -0.1) is 11.8 Å². The molecule has 3 aromatic rings. The van der Waals surface area contributed by atoms with E-state index in [1.165, 1.54) is 26.9 Å². The molecule has 2 aromatic carbocycles. The molecular weight excluding hydrogens is 305 g/mol. The van der Waals surface area contributed by atoms with Crippen LogP contribution >= 0.6 is 11.8 Å². The van der Waals surface area contributed by atoms with E-state index in [0.29, 0.717) is 0 Å². The summed E-state index contributed by atoms with van der Waals surface area (Å²) >= 11 is 1.75. The van der Waals surface area contributed by atoms with Crippen molar-refractivity contribution >= 4 is 22.7 Å². The molecule has 1 nitrogen and oxygen atoms in total. The molecule has 1 N–H and O–H groups in total. The number of hydrogen-bond donors (Lipinski definition) is 1. The third kappa shape index (κ3) is 2.57. The minimum Gasteiger partial charge on any atom is -0.360 e. The first-order valence-corrected chi connectivity index (χ1v) is 9.29. The minimum atomic E-state index is -0.182. The molecule has 0 aliphatic rings. The zero-order valence-corrected chi connectivity index (χ0v) is 14.6. The van der Waals surface area contributed by atoms with Crippen LogP contribution in [0.2, 0.25) is 0 Å². The molecule has 0 radical (unpaired) electrons. The van der Waals surface area contributed by atoms with Gasteiger partial charge in [0.2, 0.25) is 0 Å². The van der Waals surface area contributed by atoms with Gasteiger partial charge in [-0.05, 0) is 48.4 Å². The Balaban J connectivity index is 2.25. The lowest BCUT2D eigenvalue weighted by atomic mass is 9.70. The Hall–Kier alpha value is -1.74. The van der Waals surface area contributed by atoms with Crippen molar-refractivity contribution in [2.75, 3.05) is 6.26 Å². The van der Waals surface area contributed by atoms with E-state index < -0.39 is 0 Å². The van der Waals surface area contributed by atoms with E-state index in [2.05, 4.69) is 49.5 Å². The van der Waals surface area contributed by atoms with Crippen LogP contribution in [0.1, 0.15) is 37.8 Å². The summed E-state index contributed by atoms with van der Waals surface area (Å²) in [7, 11) is 0. The Morgan fingerprint density at radius 3 is 2.35 bits per heavy atom. The van der Waals surface area contributed by atoms with E-state index in [-0.39, 0.29) is 11.2 Å². The van der Waals surface area contributed by atoms with Crippen molar-refractivity contribution < 1.29 is 4.39 Å². The number of rotatable bonds is 5. The molecule has 0 atom stereocenters. The van der Waals surface area contributed by atoms with Crippen LogP contribution in [0.3, 0.4) is 0 Å². The highest BCUT2D eigenvalue weighted by atomic mass is 32.2. The van der Waals surface area contributed by atoms with Crippen molar-refractivity contribution in [1.29, 1.82) is 0 Å². The number of H-pyrrole nitrogens is 1. The maximum Gasteiger partial charge on any atom is 0.123 e. The molecule has 0 saturated heterocycles. The van der Waals surface area contributed by atoms with Gasteiger partial charge >= 0.3 is 0 Å². The molecule has 0 bridgehead atoms. The number of aromatic nitrogens is 1. The van der Waals surface area contributed by atoms with Gasteiger partial charge in [-0.1, -0.05) is 38.1 Å². The summed E-state index contributed by atoms with van der Waals surface area (Å²) in [5, 5.41) is 1.27. The molecule has 0 fully saturated rings. The van der Waals surface area contributed by atoms with E-state index >= 15 is 0 Å². The van der Waals surface area contributed by atoms with Gasteiger partial charge in [0, 0.05) is 21.9 Å². The Morgan fingerprint density at radius 2 is 1.74 bits per heavy atom. The third-order valence-corrected chi connectivity index (χ3v) is 5.80. The highest BCUT2D eigenvalue weighted by Gasteiger charge is 2.33. The zero-order chi connectivity index (χ0) is 16.4. The van der Waals surface area contributed by atoms with Crippen LogP contribution in [0.5, 0.6) is 0 Å². The Bertz CT molecular complexity index is 800. The smallest absolute Gasteiger partial charge is 0.123 e. The van der Waals surface area contributed by atoms with Gasteiger partial charge in [0.05, 0.1) is 5.52 Å². The number of nitrogens with one attached hydrogen (secondary N) is 1. The summed E-state index contributed by atoms with van der Waals surface area (Å²) < 4.78 is 13.4. The lowest BCUT2D eigenvalue weighted by Gasteiger charge is -2.32. The standard InChI is InChI=1S/C20H22FNS/c1-4-20(5-2,14-9-11-15(21)12-10-14)17-13-22-19-16(17)7-6-8-18(19)23-3/h6-13,22H,4-5H2,1-3H3. The first-order chi connectivity index (χ1) is 11.2. The SMILES string of the molecule is CCC(CC)(c1ccc(F)cc1)c1c[nH]c2c(SC)cccc12. The Kier molecular flexibility index (Phi) is 4.49. The molecule has 0 aliphatic heterocycles. The van der Waals surface area contributed by atoms with Crippen molar-refractivity contribution in [3.8, 4) is 0 Å². The van der Waals surface area contributed by atoms with Crippen LogP contribution in [0.4, 0.5) is 4.39 Å². The quantitative estimate of drug-likeness (QED) is 0.557. The summed E-state index contributed by atoms with van der Waals surface area (Å²) in [5.41, 5.74) is 3.59. The lowest BCUT2D eigenvalue weighted by Crippen LogP contribution is -2.25. The summed E-state index contributed by atoms with van der Waals surface area (Å²) in [4.78, 5) is 4.73. The van der Waals surface area contributed by atoms with Crippen LogP contribution in [0.25, 0.3) is 10.9 Å². The van der Waals surface area contributed by atoms with Gasteiger partial charge in [0.25, 0.3) is 0 Å². The first-order valence-electron chi connectivity index (χ1n) is 8.07. The van der Waals surface area contributed by atoms with Gasteiger partial charge in [-0.2, -0.15) is 0 Å². The second kappa shape index (κ2) is 6.40. The van der Waals surface area contributed by atoms with Crippen LogP contribution in [-0.4, -0.2) is 11.2 Å². The lowest BCUT2D eigenvalue weighted by molar-refractivity contribution is 0.481. The molecule has 120 valence electrons. The third-order valence-electron chi connectivity index (χ3n) is 5.02. The van der Waals surface area contributed by atoms with Crippen molar-refractivity contribution in [2.24, 2.45) is 0 Å². The second-order valence-electron chi connectivity index (χ2n) is 5.88. The predicted molar refractivity (Wildman–Crippen MR) is 97.8 cm³/mol. The van der Waals surface area contributed by atoms with Crippen molar-refractivity contribution in [2.45, 2.75) is 37.0 Å². The van der Waals surface area contributed by atoms with Crippen LogP contribution < -0.4 is 0 Å². The molecule has 23 heavy (non-hydrogen) atoms. The van der Waals surface area contributed by atoms with Crippen molar-refractivity contribution in [1.82, 2.24) is 4.98 Å². The van der Waals surface area contributed by atoms with Crippen molar-refractivity contribution in [3.05, 3.63) is 65.6 Å². The van der Waals surface area contributed by atoms with Gasteiger partial charge in [0.15, 0.2) is 0 Å². The molecule has 0 spiro atoms. The molecule has 0 amide bonds. The average Bonchev–Trinajstić information content (AvgIpc) is 3.03. The number of halogens is 1. The van der Waals surface area contributed by atoms with E-state index in [4.69, 9.17) is 0 Å². The van der Waals surface area contributed by atoms with E-state index in [0.717, 1.165) is 12.8 Å². The summed E-state index contributed by atoms with van der Waals surface area (Å²) in [6.45, 7) is 4.42. The van der Waals surface area contributed by atoms with Crippen LogP contribution in [-0.2, 0) is 5.41 Å². The molecule has 1 heterocycles. The predicted octanol–water partition coefficient (Wildman–Crippen LogP) is 6.14. The number of aromatic amines is 1. The number of fused-ring (bicyclic) bond motifs is 1. The maximum absolute atomic E-state index is 13.4. The summed E-state index contributed by atoms with van der Waals surface area (Å²) in [5.74, 6) is -0.182.